The summed E-state index contributed by atoms with van der Waals surface area (Å²) < 4.78 is 0.541. The van der Waals surface area contributed by atoms with E-state index in [1.54, 1.807) is 0 Å². The summed E-state index contributed by atoms with van der Waals surface area (Å²) in [4.78, 5) is 22.2. The molecule has 29 heavy (non-hydrogen) atoms. The number of rotatable bonds is 3. The maximum absolute atomic E-state index is 13.8. The summed E-state index contributed by atoms with van der Waals surface area (Å²) in [5, 5.41) is 0. The molecule has 0 aliphatic heterocycles. The van der Waals surface area contributed by atoms with Crippen LogP contribution in [-0.2, 0) is 5.41 Å². The van der Waals surface area contributed by atoms with E-state index in [2.05, 4.69) is 36.8 Å². The van der Waals surface area contributed by atoms with E-state index in [-0.39, 0.29) is 15.2 Å². The van der Waals surface area contributed by atoms with Gasteiger partial charge in [0.2, 0.25) is 5.78 Å². The van der Waals surface area contributed by atoms with Crippen LogP contribution in [0.3, 0.4) is 0 Å². The van der Waals surface area contributed by atoms with Gasteiger partial charge in [0.05, 0.1) is 0 Å². The van der Waals surface area contributed by atoms with E-state index in [9.17, 15) is 4.79 Å². The molecule has 3 nitrogen and oxygen atoms in total. The lowest BCUT2D eigenvalue weighted by Crippen LogP contribution is -2.56. The summed E-state index contributed by atoms with van der Waals surface area (Å²) in [7, 11) is 0. The third-order valence-electron chi connectivity index (χ3n) is 9.82. The highest BCUT2D eigenvalue weighted by Crippen LogP contribution is 2.66. The number of imidazole rings is 1. The molecule has 0 radical (unpaired) electrons. The van der Waals surface area contributed by atoms with Gasteiger partial charge in [-0.3, -0.25) is 4.79 Å². The Bertz CT molecular complexity index is 878. The van der Waals surface area contributed by atoms with Gasteiger partial charge in [-0.05, 0) is 101 Å². The minimum Gasteiger partial charge on any atom is -0.339 e. The molecule has 4 atom stereocenters. The average molecular weight is 522 g/mol. The van der Waals surface area contributed by atoms with Gasteiger partial charge in [-0.2, -0.15) is 0 Å². The van der Waals surface area contributed by atoms with Crippen LogP contribution in [-0.4, -0.2) is 24.4 Å². The lowest BCUT2D eigenvalue weighted by atomic mass is 9.48. The molecule has 1 aromatic rings. The first-order chi connectivity index (χ1) is 13.8. The molecule has 0 spiro atoms. The summed E-state index contributed by atoms with van der Waals surface area (Å²) in [6, 6.07) is 0. The van der Waals surface area contributed by atoms with Gasteiger partial charge >= 0.3 is 0 Å². The zero-order valence-corrected chi connectivity index (χ0v) is 20.2. The van der Waals surface area contributed by atoms with Gasteiger partial charge in [-0.25, -0.2) is 4.98 Å². The molecular formula is C24H30Br2N2O. The fourth-order valence-electron chi connectivity index (χ4n) is 9.84. The van der Waals surface area contributed by atoms with Crippen LogP contribution in [0.1, 0.15) is 93.4 Å². The number of aromatic amines is 1. The highest BCUT2D eigenvalue weighted by Gasteiger charge is 2.61. The van der Waals surface area contributed by atoms with Crippen LogP contribution in [0.15, 0.2) is 6.20 Å². The Morgan fingerprint density at radius 3 is 1.97 bits per heavy atom. The minimum absolute atomic E-state index is 0.166. The summed E-state index contributed by atoms with van der Waals surface area (Å²) in [5.41, 5.74) is 1.31. The number of nitrogens with zero attached hydrogens (tertiary/aromatic N) is 1. The number of alkyl halides is 2. The molecule has 8 aliphatic carbocycles. The van der Waals surface area contributed by atoms with Crippen LogP contribution >= 0.6 is 31.9 Å². The molecule has 8 fully saturated rings. The fourth-order valence-corrected chi connectivity index (χ4v) is 12.7. The van der Waals surface area contributed by atoms with Crippen LogP contribution in [0.5, 0.6) is 0 Å². The van der Waals surface area contributed by atoms with E-state index >= 15 is 0 Å². The molecule has 1 heterocycles. The molecule has 0 saturated heterocycles. The molecule has 8 bridgehead atoms. The van der Waals surface area contributed by atoms with E-state index in [1.807, 2.05) is 6.20 Å². The van der Waals surface area contributed by atoms with E-state index in [0.717, 1.165) is 42.9 Å². The van der Waals surface area contributed by atoms with Crippen molar-refractivity contribution in [2.45, 2.75) is 91.1 Å². The smallest absolute Gasteiger partial charge is 0.204 e. The number of hydrogen-bond donors (Lipinski definition) is 1. The molecule has 0 amide bonds. The number of hydrogen-bond acceptors (Lipinski definition) is 2. The van der Waals surface area contributed by atoms with Crippen molar-refractivity contribution in [3.8, 4) is 0 Å². The number of H-pyrrole nitrogens is 1. The SMILES string of the molecule is O=C(c1ncc(C23C[C@@H]4C[C@H](CC(Br)(C4)C2)C3)[nH]1)C12C[C@H]3C[C@@H](CC(Br)(C3)C1)C2. The molecule has 5 heteroatoms. The van der Waals surface area contributed by atoms with Crippen molar-refractivity contribution < 1.29 is 4.79 Å². The Balaban J connectivity index is 1.22. The summed E-state index contributed by atoms with van der Waals surface area (Å²) in [6.45, 7) is 0. The van der Waals surface area contributed by atoms with Gasteiger partial charge in [0.15, 0.2) is 5.82 Å². The third-order valence-corrected chi connectivity index (χ3v) is 11.7. The Kier molecular flexibility index (Phi) is 3.56. The van der Waals surface area contributed by atoms with E-state index < -0.39 is 0 Å². The molecular weight excluding hydrogens is 492 g/mol. The van der Waals surface area contributed by atoms with Gasteiger partial charge in [0, 0.05) is 31.4 Å². The predicted octanol–water partition coefficient (Wildman–Crippen LogP) is 6.31. The van der Waals surface area contributed by atoms with E-state index in [1.165, 1.54) is 63.5 Å². The number of halogens is 2. The number of carbonyl (C=O) groups is 1. The third kappa shape index (κ3) is 2.58. The normalized spacial score (nSPS) is 54.3. The Morgan fingerprint density at radius 1 is 0.862 bits per heavy atom. The first-order valence-corrected chi connectivity index (χ1v) is 13.3. The van der Waals surface area contributed by atoms with E-state index in [4.69, 9.17) is 4.98 Å². The summed E-state index contributed by atoms with van der Waals surface area (Å²) in [5.74, 6) is 4.12. The first kappa shape index (κ1) is 18.4. The molecule has 8 saturated carbocycles. The highest BCUT2D eigenvalue weighted by atomic mass is 79.9. The maximum atomic E-state index is 13.8. The largest absolute Gasteiger partial charge is 0.339 e. The highest BCUT2D eigenvalue weighted by molar-refractivity contribution is 9.10. The Labute approximate surface area is 189 Å². The lowest BCUT2D eigenvalue weighted by molar-refractivity contribution is -0.0204. The van der Waals surface area contributed by atoms with Crippen molar-refractivity contribution in [1.29, 1.82) is 0 Å². The number of carbonyl (C=O) groups excluding carboxylic acids is 1. The van der Waals surface area contributed by atoms with Crippen LogP contribution in [0.2, 0.25) is 0 Å². The number of aromatic nitrogens is 2. The van der Waals surface area contributed by atoms with Gasteiger partial charge < -0.3 is 4.98 Å². The Morgan fingerprint density at radius 2 is 1.41 bits per heavy atom. The molecule has 0 aromatic carbocycles. The monoisotopic (exact) mass is 520 g/mol. The van der Waals surface area contributed by atoms with Crippen LogP contribution in [0.4, 0.5) is 0 Å². The van der Waals surface area contributed by atoms with Crippen LogP contribution in [0, 0.1) is 29.1 Å². The minimum atomic E-state index is -0.166. The molecule has 1 N–H and O–H groups in total. The molecule has 8 aliphatic rings. The molecule has 0 unspecified atom stereocenters. The second-order valence-corrected chi connectivity index (χ2v) is 15.6. The topological polar surface area (TPSA) is 45.8 Å². The van der Waals surface area contributed by atoms with Crippen LogP contribution < -0.4 is 0 Å². The molecule has 1 aromatic heterocycles. The van der Waals surface area contributed by atoms with Gasteiger partial charge in [0.1, 0.15) is 0 Å². The molecule has 9 rings (SSSR count). The van der Waals surface area contributed by atoms with Crippen molar-refractivity contribution in [3.63, 3.8) is 0 Å². The van der Waals surface area contributed by atoms with Crippen LogP contribution in [0.25, 0.3) is 0 Å². The lowest BCUT2D eigenvalue weighted by Gasteiger charge is -2.60. The summed E-state index contributed by atoms with van der Waals surface area (Å²) in [6.07, 6.45) is 17.0. The van der Waals surface area contributed by atoms with E-state index in [0.29, 0.717) is 15.9 Å². The fraction of sp³-hybridized carbons (Fsp3) is 0.833. The van der Waals surface area contributed by atoms with Gasteiger partial charge in [-0.1, -0.05) is 31.9 Å². The quantitative estimate of drug-likeness (QED) is 0.374. The van der Waals surface area contributed by atoms with Crippen molar-refractivity contribution in [3.05, 3.63) is 17.7 Å². The average Bonchev–Trinajstić information content (AvgIpc) is 3.07. The van der Waals surface area contributed by atoms with Gasteiger partial charge in [0.25, 0.3) is 0 Å². The standard InChI is InChI=1S/C24H30Br2N2O/c25-23-7-14-1-15(8-23)4-21(3-14,12-23)18-11-27-20(28-18)19(29)22-5-16-2-17(6-22)10-24(26,9-16)13-22/h11,14-17H,1-10,12-13H2,(H,27,28)/t14-,15-,16+,17+,21?,22?,23?,24?/m0/s1. The zero-order chi connectivity index (χ0) is 19.6. The number of nitrogens with one attached hydrogen (secondary N) is 1. The van der Waals surface area contributed by atoms with Crippen molar-refractivity contribution in [1.82, 2.24) is 9.97 Å². The van der Waals surface area contributed by atoms with Crippen molar-refractivity contribution in [2.24, 2.45) is 29.1 Å². The molecule has 156 valence electrons. The zero-order valence-electron chi connectivity index (χ0n) is 17.0. The maximum Gasteiger partial charge on any atom is 0.204 e. The second-order valence-electron chi connectivity index (χ2n) is 12.3. The van der Waals surface area contributed by atoms with Crippen molar-refractivity contribution in [2.75, 3.05) is 0 Å². The first-order valence-electron chi connectivity index (χ1n) is 11.7. The summed E-state index contributed by atoms with van der Waals surface area (Å²) >= 11 is 8.20. The predicted molar refractivity (Wildman–Crippen MR) is 120 cm³/mol. The Hall–Kier alpha value is -0.160. The number of Topliss-reactive ketones (excluding diaryl/α,β-unsaturated/α-hetero) is 1. The number of ketones is 1. The van der Waals surface area contributed by atoms with Gasteiger partial charge in [-0.15, -0.1) is 0 Å². The van der Waals surface area contributed by atoms with Crippen molar-refractivity contribution >= 4 is 37.6 Å². The second kappa shape index (κ2) is 5.60.